The average molecular weight is 544 g/mol. The molecule has 0 fully saturated rings. The number of halogens is 4. The summed E-state index contributed by atoms with van der Waals surface area (Å²) in [5.41, 5.74) is 3.20. The molecular formula is C24H23BrCl3NO2. The molecule has 0 saturated carbocycles. The number of ether oxygens (including phenoxy) is 2. The fraction of sp³-hybridized carbons (Fsp3) is 0.250. The fourth-order valence-corrected chi connectivity index (χ4v) is 4.28. The van der Waals surface area contributed by atoms with Crippen LogP contribution in [0.25, 0.3) is 0 Å². The van der Waals surface area contributed by atoms with Crippen molar-refractivity contribution in [1.29, 1.82) is 0 Å². The molecular weight excluding hydrogens is 521 g/mol. The Bertz CT molecular complexity index is 1010. The van der Waals surface area contributed by atoms with Gasteiger partial charge in [-0.1, -0.05) is 53.0 Å². The van der Waals surface area contributed by atoms with Crippen molar-refractivity contribution in [3.8, 4) is 11.5 Å². The zero-order valence-electron chi connectivity index (χ0n) is 17.1. The molecule has 3 nitrogen and oxygen atoms in total. The third kappa shape index (κ3) is 7.30. The third-order valence-corrected chi connectivity index (χ3v) is 6.01. The van der Waals surface area contributed by atoms with E-state index in [2.05, 4.69) is 21.2 Å². The zero-order valence-corrected chi connectivity index (χ0v) is 20.9. The van der Waals surface area contributed by atoms with Crippen molar-refractivity contribution in [2.24, 2.45) is 0 Å². The van der Waals surface area contributed by atoms with Gasteiger partial charge in [-0.05, 0) is 88.9 Å². The summed E-state index contributed by atoms with van der Waals surface area (Å²) in [4.78, 5) is 0. The van der Waals surface area contributed by atoms with Gasteiger partial charge in [0.05, 0.1) is 11.1 Å². The van der Waals surface area contributed by atoms with Crippen LogP contribution < -0.4 is 14.8 Å². The zero-order chi connectivity index (χ0) is 22.2. The molecule has 3 rings (SSSR count). The van der Waals surface area contributed by atoms with Gasteiger partial charge in [0.15, 0.2) is 11.5 Å². The molecule has 3 aromatic carbocycles. The number of rotatable bonds is 10. The Kier molecular flexibility index (Phi) is 9.36. The molecule has 0 aliphatic carbocycles. The van der Waals surface area contributed by atoms with Crippen molar-refractivity contribution in [3.63, 3.8) is 0 Å². The molecule has 0 spiro atoms. The molecule has 0 unspecified atom stereocenters. The Balaban J connectivity index is 1.61. The first-order valence-corrected chi connectivity index (χ1v) is 11.9. The van der Waals surface area contributed by atoms with Crippen LogP contribution in [0.5, 0.6) is 11.5 Å². The molecule has 1 N–H and O–H groups in total. The van der Waals surface area contributed by atoms with E-state index in [9.17, 15) is 0 Å². The van der Waals surface area contributed by atoms with Gasteiger partial charge >= 0.3 is 0 Å². The van der Waals surface area contributed by atoms with Gasteiger partial charge in [0.2, 0.25) is 0 Å². The van der Waals surface area contributed by atoms with Crippen LogP contribution in [0.4, 0.5) is 0 Å². The van der Waals surface area contributed by atoms with Crippen LogP contribution in [-0.2, 0) is 19.6 Å². The topological polar surface area (TPSA) is 30.5 Å². The van der Waals surface area contributed by atoms with Gasteiger partial charge in [0.25, 0.3) is 0 Å². The highest BCUT2D eigenvalue weighted by Gasteiger charge is 2.13. The van der Waals surface area contributed by atoms with Crippen LogP contribution in [0.15, 0.2) is 59.1 Å². The second-order valence-corrected chi connectivity index (χ2v) is 9.05. The average Bonchev–Trinajstić information content (AvgIpc) is 2.73. The van der Waals surface area contributed by atoms with Gasteiger partial charge in [-0.25, -0.2) is 0 Å². The molecule has 164 valence electrons. The van der Waals surface area contributed by atoms with Crippen LogP contribution in [0.3, 0.4) is 0 Å². The minimum absolute atomic E-state index is 0.426. The first-order valence-electron chi connectivity index (χ1n) is 9.93. The quantitative estimate of drug-likeness (QED) is 0.266. The molecule has 0 atom stereocenters. The maximum absolute atomic E-state index is 6.25. The van der Waals surface area contributed by atoms with Gasteiger partial charge in [-0.15, -0.1) is 0 Å². The molecule has 0 radical (unpaired) electrons. The van der Waals surface area contributed by atoms with E-state index < -0.39 is 0 Å². The maximum atomic E-state index is 6.25. The summed E-state index contributed by atoms with van der Waals surface area (Å²) in [6.07, 6.45) is 0.817. The lowest BCUT2D eigenvalue weighted by molar-refractivity contribution is 0.267. The van der Waals surface area contributed by atoms with E-state index in [0.717, 1.165) is 34.1 Å². The summed E-state index contributed by atoms with van der Waals surface area (Å²) in [7, 11) is 0. The fourth-order valence-electron chi connectivity index (χ4n) is 3.04. The lowest BCUT2D eigenvalue weighted by Crippen LogP contribution is -2.17. The summed E-state index contributed by atoms with van der Waals surface area (Å²) >= 11 is 21.8. The largest absolute Gasteiger partial charge is 0.490 e. The molecule has 0 aliphatic heterocycles. The van der Waals surface area contributed by atoms with Gasteiger partial charge in [-0.2, -0.15) is 0 Å². The highest BCUT2D eigenvalue weighted by Crippen LogP contribution is 2.37. The number of hydrogen-bond donors (Lipinski definition) is 1. The van der Waals surface area contributed by atoms with Crippen LogP contribution in [0.2, 0.25) is 15.1 Å². The van der Waals surface area contributed by atoms with Gasteiger partial charge < -0.3 is 14.8 Å². The van der Waals surface area contributed by atoms with Gasteiger partial charge in [0, 0.05) is 21.6 Å². The minimum Gasteiger partial charge on any atom is -0.490 e. The second kappa shape index (κ2) is 12.0. The van der Waals surface area contributed by atoms with E-state index in [0.29, 0.717) is 46.3 Å². The molecule has 0 amide bonds. The Labute approximate surface area is 206 Å². The highest BCUT2D eigenvalue weighted by molar-refractivity contribution is 9.10. The van der Waals surface area contributed by atoms with Crippen molar-refractivity contribution in [3.05, 3.63) is 90.8 Å². The van der Waals surface area contributed by atoms with Gasteiger partial charge in [-0.3, -0.25) is 0 Å². The van der Waals surface area contributed by atoms with E-state index >= 15 is 0 Å². The smallest absolute Gasteiger partial charge is 0.175 e. The molecule has 7 heteroatoms. The lowest BCUT2D eigenvalue weighted by Gasteiger charge is -2.16. The van der Waals surface area contributed by atoms with Crippen LogP contribution in [-0.4, -0.2) is 13.2 Å². The summed E-state index contributed by atoms with van der Waals surface area (Å²) in [5, 5.41) is 5.49. The lowest BCUT2D eigenvalue weighted by atomic mass is 10.1. The summed E-state index contributed by atoms with van der Waals surface area (Å²) in [6, 6.07) is 17.2. The van der Waals surface area contributed by atoms with Crippen LogP contribution >= 0.6 is 50.7 Å². The molecule has 0 bridgehead atoms. The monoisotopic (exact) mass is 541 g/mol. The first kappa shape index (κ1) is 24.2. The summed E-state index contributed by atoms with van der Waals surface area (Å²) in [6.45, 7) is 4.42. The third-order valence-electron chi connectivity index (χ3n) is 4.58. The van der Waals surface area contributed by atoms with E-state index in [1.807, 2.05) is 55.5 Å². The van der Waals surface area contributed by atoms with Crippen molar-refractivity contribution < 1.29 is 9.47 Å². The minimum atomic E-state index is 0.426. The normalized spacial score (nSPS) is 10.9. The molecule has 31 heavy (non-hydrogen) atoms. The van der Waals surface area contributed by atoms with Crippen molar-refractivity contribution in [2.75, 3.05) is 13.2 Å². The summed E-state index contributed by atoms with van der Waals surface area (Å²) in [5.74, 6) is 1.40. The number of hydrogen-bond acceptors (Lipinski definition) is 3. The summed E-state index contributed by atoms with van der Waals surface area (Å²) < 4.78 is 12.7. The van der Waals surface area contributed by atoms with E-state index in [-0.39, 0.29) is 0 Å². The SMILES string of the molecule is CCOc1cc(CNCCc2ccc(Cl)cc2Cl)cc(Br)c1OCc1ccc(Cl)cc1. The Morgan fingerprint density at radius 2 is 1.61 bits per heavy atom. The number of benzene rings is 3. The van der Waals surface area contributed by atoms with E-state index in [1.165, 1.54) is 0 Å². The van der Waals surface area contributed by atoms with E-state index in [1.54, 1.807) is 6.07 Å². The predicted octanol–water partition coefficient (Wildman–Crippen LogP) is 7.72. The van der Waals surface area contributed by atoms with Crippen molar-refractivity contribution in [1.82, 2.24) is 5.32 Å². The standard InChI is InChI=1S/C24H23BrCl3NO2/c1-2-30-23-12-17(14-29-10-9-18-5-8-20(27)13-22(18)28)11-21(25)24(23)31-15-16-3-6-19(26)7-4-16/h3-8,11-13,29H,2,9-10,14-15H2,1H3. The molecule has 3 aromatic rings. The molecule has 0 heterocycles. The predicted molar refractivity (Wildman–Crippen MR) is 133 cm³/mol. The Morgan fingerprint density at radius 1 is 0.871 bits per heavy atom. The van der Waals surface area contributed by atoms with Crippen molar-refractivity contribution >= 4 is 50.7 Å². The molecule has 0 aromatic heterocycles. The highest BCUT2D eigenvalue weighted by atomic mass is 79.9. The number of nitrogens with one attached hydrogen (secondary N) is 1. The van der Waals surface area contributed by atoms with Crippen LogP contribution in [0, 0.1) is 0 Å². The maximum Gasteiger partial charge on any atom is 0.175 e. The second-order valence-electron chi connectivity index (χ2n) is 6.92. The Morgan fingerprint density at radius 3 is 2.32 bits per heavy atom. The Hall–Kier alpha value is -1.43. The molecule has 0 aliphatic rings. The van der Waals surface area contributed by atoms with Gasteiger partial charge in [0.1, 0.15) is 6.61 Å². The van der Waals surface area contributed by atoms with E-state index in [4.69, 9.17) is 44.3 Å². The van der Waals surface area contributed by atoms with Crippen molar-refractivity contribution in [2.45, 2.75) is 26.5 Å². The van der Waals surface area contributed by atoms with Crippen LogP contribution in [0.1, 0.15) is 23.6 Å². The molecule has 0 saturated heterocycles. The first-order chi connectivity index (χ1) is 15.0.